The maximum absolute atomic E-state index is 4.93. The molecule has 2 radical (unpaired) electrons. The Morgan fingerprint density at radius 1 is 0.484 bits per heavy atom. The molecule has 0 bridgehead atoms. The molecular weight excluding hydrogens is 887 g/mol. The van der Waals surface area contributed by atoms with Gasteiger partial charge in [-0.1, -0.05) is 186 Å². The predicted octanol–water partition coefficient (Wildman–Crippen LogP) is 19.2. The van der Waals surface area contributed by atoms with E-state index in [1.807, 2.05) is 0 Å². The molecule has 62 heavy (non-hydrogen) atoms. The Labute approximate surface area is 399 Å². The number of fused-ring (bicyclic) bond motifs is 2. The molecule has 2 aliphatic rings. The normalized spacial score (nSPS) is 16.5. The van der Waals surface area contributed by atoms with Crippen molar-refractivity contribution in [2.45, 2.75) is 170 Å². The van der Waals surface area contributed by atoms with Crippen molar-refractivity contribution >= 4 is 48.1 Å². The monoisotopic (exact) mass is 960 g/mol. The number of hydrogen-bond acceptors (Lipinski definition) is 0. The van der Waals surface area contributed by atoms with Crippen molar-refractivity contribution in [2.75, 3.05) is 0 Å². The zero-order valence-corrected chi connectivity index (χ0v) is 44.7. The number of benzene rings is 4. The van der Waals surface area contributed by atoms with Gasteiger partial charge < -0.3 is 0 Å². The molecule has 0 nitrogen and oxygen atoms in total. The second-order valence-corrected chi connectivity index (χ2v) is 24.6. The molecule has 0 heterocycles. The summed E-state index contributed by atoms with van der Waals surface area (Å²) in [6, 6.07) is 37.3. The molecule has 330 valence electrons. The van der Waals surface area contributed by atoms with Gasteiger partial charge in [-0.15, -0.1) is 69.1 Å². The Morgan fingerprint density at radius 3 is 1.08 bits per heavy atom. The Hall–Kier alpha value is -2.22. The van der Waals surface area contributed by atoms with Crippen molar-refractivity contribution < 1.29 is 20.8 Å². The summed E-state index contributed by atoms with van der Waals surface area (Å²) in [7, 11) is 11.0. The van der Waals surface area contributed by atoms with Gasteiger partial charge in [-0.3, -0.25) is 0 Å². The van der Waals surface area contributed by atoms with Gasteiger partial charge >= 0.3 is 37.9 Å². The molecule has 0 amide bonds. The topological polar surface area (TPSA) is 0 Å². The molecule has 2 aliphatic carbocycles. The Morgan fingerprint density at radius 2 is 0.774 bits per heavy atom. The molecule has 0 N–H and O–H groups in total. The van der Waals surface area contributed by atoms with Crippen LogP contribution >= 0.6 is 17.0 Å². The van der Waals surface area contributed by atoms with Crippen molar-refractivity contribution in [3.05, 3.63) is 130 Å². The number of aryl methyl sites for hydroxylation is 4. The van der Waals surface area contributed by atoms with Gasteiger partial charge in [0.1, 0.15) is 0 Å². The minimum atomic E-state index is -0.826. The van der Waals surface area contributed by atoms with Crippen molar-refractivity contribution in [3.63, 3.8) is 0 Å². The third kappa shape index (κ3) is 15.5. The fourth-order valence-corrected chi connectivity index (χ4v) is 10.8. The average molecular weight is 963 g/mol. The number of rotatable bonds is 6. The van der Waals surface area contributed by atoms with Crippen LogP contribution in [0.2, 0.25) is 13.1 Å². The molecule has 0 atom stereocenters. The molecule has 0 unspecified atom stereocenters. The van der Waals surface area contributed by atoms with Crippen LogP contribution in [0.25, 0.3) is 43.8 Å². The van der Waals surface area contributed by atoms with E-state index in [2.05, 4.69) is 152 Å². The van der Waals surface area contributed by atoms with Gasteiger partial charge in [0.25, 0.3) is 0 Å². The van der Waals surface area contributed by atoms with E-state index in [1.54, 1.807) is 0 Å². The predicted molar refractivity (Wildman–Crippen MR) is 276 cm³/mol. The summed E-state index contributed by atoms with van der Waals surface area (Å²) >= 11 is -0.826. The van der Waals surface area contributed by atoms with Crippen LogP contribution in [-0.4, -0.2) is 9.52 Å². The van der Waals surface area contributed by atoms with Crippen molar-refractivity contribution in [3.8, 4) is 22.3 Å². The Bertz CT molecular complexity index is 2040. The summed E-state index contributed by atoms with van der Waals surface area (Å²) in [5, 5.41) is 5.65. The SMILES string of the molecule is C[Si]C.Cc1cc(C)cc(-c2cccc3[cH-]c(CC4(C)CCCCCCCC4)cc23)c1.Cc1cc(C)cc(-c2cccc3[cH-]c(CC4(C)CCCCCCCC4)cc23)c1.[Cl][Zr+2][Cl]. The van der Waals surface area contributed by atoms with E-state index in [0.717, 1.165) is 9.52 Å². The molecule has 0 aliphatic heterocycles. The van der Waals surface area contributed by atoms with E-state index in [4.69, 9.17) is 17.0 Å². The summed E-state index contributed by atoms with van der Waals surface area (Å²) in [4.78, 5) is 0. The second kappa shape index (κ2) is 25.5. The summed E-state index contributed by atoms with van der Waals surface area (Å²) in [5.41, 5.74) is 14.9. The molecule has 6 aromatic carbocycles. The van der Waals surface area contributed by atoms with Gasteiger partial charge in [0.15, 0.2) is 0 Å². The van der Waals surface area contributed by atoms with Gasteiger partial charge in [-0.05, 0) is 88.2 Å². The maximum atomic E-state index is 4.93. The van der Waals surface area contributed by atoms with Crippen LogP contribution in [0, 0.1) is 38.5 Å². The molecule has 6 aromatic rings. The average Bonchev–Trinajstić information content (AvgIpc) is 3.86. The summed E-state index contributed by atoms with van der Waals surface area (Å²) in [5.74, 6) is 0. The fourth-order valence-electron chi connectivity index (χ4n) is 10.8. The standard InChI is InChI=1S/2C28H35.C2H6Si.2ClH.Zr/c2*1-21-15-22(2)17-25(16-21)26-12-10-11-24-18-23(19-27(24)26)20-28(3)13-8-6-4-5-7-9-14-28;1-3-2;;;/h2*10-12,15-19H,4-9,13-14,20H2,1-3H3;1-2H3;2*1H;/q2*-1;;;;+4/p-2. The summed E-state index contributed by atoms with van der Waals surface area (Å²) < 4.78 is 0. The molecule has 4 heteroatoms. The van der Waals surface area contributed by atoms with E-state index < -0.39 is 20.8 Å². The number of hydrogen-bond donors (Lipinski definition) is 0. The van der Waals surface area contributed by atoms with E-state index in [-0.39, 0.29) is 0 Å². The first-order chi connectivity index (χ1) is 29.9. The summed E-state index contributed by atoms with van der Waals surface area (Å²) in [6.45, 7) is 18.2. The minimum absolute atomic E-state index is 0.467. The zero-order chi connectivity index (χ0) is 44.5. The van der Waals surface area contributed by atoms with Gasteiger partial charge in [0.05, 0.1) is 0 Å². The summed E-state index contributed by atoms with van der Waals surface area (Å²) in [6.07, 6.45) is 25.1. The molecule has 2 saturated carbocycles. The van der Waals surface area contributed by atoms with Crippen molar-refractivity contribution in [1.29, 1.82) is 0 Å². The number of halogens is 2. The first-order valence-corrected chi connectivity index (χ1v) is 32.3. The Kier molecular flexibility index (Phi) is 20.9. The van der Waals surface area contributed by atoms with Crippen LogP contribution in [0.15, 0.2) is 97.1 Å². The first kappa shape index (κ1) is 50.8. The van der Waals surface area contributed by atoms with Crippen LogP contribution in [0.3, 0.4) is 0 Å². The van der Waals surface area contributed by atoms with E-state index in [1.165, 1.54) is 193 Å². The second-order valence-electron chi connectivity index (χ2n) is 19.9. The van der Waals surface area contributed by atoms with Gasteiger partial charge in [-0.2, -0.15) is 12.1 Å². The van der Waals surface area contributed by atoms with Gasteiger partial charge in [0.2, 0.25) is 0 Å². The van der Waals surface area contributed by atoms with Crippen LogP contribution in [0.4, 0.5) is 0 Å². The molecule has 0 spiro atoms. The van der Waals surface area contributed by atoms with Crippen molar-refractivity contribution in [2.24, 2.45) is 10.8 Å². The zero-order valence-electron chi connectivity index (χ0n) is 39.7. The molecule has 2 fully saturated rings. The van der Waals surface area contributed by atoms with Crippen molar-refractivity contribution in [1.82, 2.24) is 0 Å². The van der Waals surface area contributed by atoms with E-state index >= 15 is 0 Å². The molecular formula is C58H76Cl2SiZr. The van der Waals surface area contributed by atoms with Crippen LogP contribution in [-0.2, 0) is 33.7 Å². The molecule has 0 aromatic heterocycles. The third-order valence-electron chi connectivity index (χ3n) is 13.6. The van der Waals surface area contributed by atoms with Crippen LogP contribution in [0.1, 0.15) is 150 Å². The first-order valence-electron chi connectivity index (χ1n) is 24.0. The molecule has 0 saturated heterocycles. The van der Waals surface area contributed by atoms with E-state index in [0.29, 0.717) is 10.8 Å². The van der Waals surface area contributed by atoms with E-state index in [9.17, 15) is 0 Å². The fraction of sp³-hybridized carbons (Fsp3) is 0.483. The van der Waals surface area contributed by atoms with Gasteiger partial charge in [-0.25, -0.2) is 0 Å². The van der Waals surface area contributed by atoms with Crippen LogP contribution < -0.4 is 0 Å². The van der Waals surface area contributed by atoms with Gasteiger partial charge in [0, 0.05) is 9.52 Å². The quantitative estimate of drug-likeness (QED) is 0.115. The van der Waals surface area contributed by atoms with Crippen LogP contribution in [0.5, 0.6) is 0 Å². The Balaban J connectivity index is 0.000000208. The third-order valence-corrected chi connectivity index (χ3v) is 13.6. The molecule has 8 rings (SSSR count).